The molecular weight excluding hydrogens is 370 g/mol. The van der Waals surface area contributed by atoms with E-state index in [1.54, 1.807) is 6.92 Å². The van der Waals surface area contributed by atoms with Crippen LogP contribution in [0.15, 0.2) is 54.6 Å². The lowest BCUT2D eigenvalue weighted by atomic mass is 10.0. The average molecular weight is 382 g/mol. The lowest BCUT2D eigenvalue weighted by molar-refractivity contribution is -0.185. The normalized spacial score (nSPS) is 11.5. The van der Waals surface area contributed by atoms with Crippen molar-refractivity contribution in [2.24, 2.45) is 0 Å². The van der Waals surface area contributed by atoms with Gasteiger partial charge in [0.05, 0.1) is 5.56 Å². The number of hydrogen-bond donors (Lipinski definition) is 0. The first-order valence-corrected chi connectivity index (χ1v) is 7.76. The number of aryl methyl sites for hydroxylation is 1. The molecule has 0 heterocycles. The SMILES string of the molecule is Cc1ccc(C(F)(F)Oc2ccc(-c3cc(F)c(F)c(F)c3)c(F)c2)cc1. The molecule has 0 aliphatic rings. The third kappa shape index (κ3) is 3.92. The van der Waals surface area contributed by atoms with Gasteiger partial charge in [0.1, 0.15) is 11.6 Å². The van der Waals surface area contributed by atoms with Crippen LogP contribution < -0.4 is 4.74 Å². The summed E-state index contributed by atoms with van der Waals surface area (Å²) in [6.07, 6.45) is -3.71. The van der Waals surface area contributed by atoms with Crippen molar-refractivity contribution in [1.82, 2.24) is 0 Å². The van der Waals surface area contributed by atoms with Crippen LogP contribution >= 0.6 is 0 Å². The summed E-state index contributed by atoms with van der Waals surface area (Å²) in [7, 11) is 0. The third-order valence-corrected chi connectivity index (χ3v) is 3.87. The van der Waals surface area contributed by atoms with Gasteiger partial charge in [0.2, 0.25) is 0 Å². The van der Waals surface area contributed by atoms with Crippen molar-refractivity contribution in [1.29, 1.82) is 0 Å². The first-order chi connectivity index (χ1) is 12.7. The number of halogens is 6. The summed E-state index contributed by atoms with van der Waals surface area (Å²) in [5.74, 6) is -6.20. The van der Waals surface area contributed by atoms with Crippen molar-refractivity contribution in [3.63, 3.8) is 0 Å². The largest absolute Gasteiger partial charge is 0.429 e. The van der Waals surface area contributed by atoms with Gasteiger partial charge in [-0.15, -0.1) is 0 Å². The van der Waals surface area contributed by atoms with Crippen molar-refractivity contribution >= 4 is 0 Å². The van der Waals surface area contributed by atoms with E-state index in [1.807, 2.05) is 0 Å². The second kappa shape index (κ2) is 6.98. The van der Waals surface area contributed by atoms with Gasteiger partial charge in [-0.2, -0.15) is 8.78 Å². The maximum Gasteiger partial charge on any atom is 0.426 e. The molecule has 0 aromatic heterocycles. The lowest BCUT2D eigenvalue weighted by Gasteiger charge is -2.19. The molecule has 140 valence electrons. The molecule has 0 saturated heterocycles. The maximum atomic E-state index is 14.3. The van der Waals surface area contributed by atoms with Gasteiger partial charge in [-0.1, -0.05) is 17.7 Å². The predicted octanol–water partition coefficient (Wildman–Crippen LogP) is 6.35. The van der Waals surface area contributed by atoms with E-state index in [0.29, 0.717) is 18.2 Å². The molecule has 0 fully saturated rings. The fourth-order valence-electron chi connectivity index (χ4n) is 2.46. The van der Waals surface area contributed by atoms with Gasteiger partial charge in [0.15, 0.2) is 17.5 Å². The third-order valence-electron chi connectivity index (χ3n) is 3.87. The summed E-state index contributed by atoms with van der Waals surface area (Å²) in [5, 5.41) is 0. The van der Waals surface area contributed by atoms with E-state index in [2.05, 4.69) is 4.74 Å². The summed E-state index contributed by atoms with van der Waals surface area (Å²) < 4.78 is 86.9. The van der Waals surface area contributed by atoms with Crippen molar-refractivity contribution < 1.29 is 31.1 Å². The summed E-state index contributed by atoms with van der Waals surface area (Å²) in [6, 6.07) is 9.25. The molecule has 0 N–H and O–H groups in total. The molecule has 3 aromatic carbocycles. The van der Waals surface area contributed by atoms with Crippen molar-refractivity contribution in [2.45, 2.75) is 13.0 Å². The summed E-state index contributed by atoms with van der Waals surface area (Å²) in [6.45, 7) is 1.73. The molecule has 0 aliphatic carbocycles. The molecule has 0 amide bonds. The number of ether oxygens (including phenoxy) is 1. The summed E-state index contributed by atoms with van der Waals surface area (Å²) >= 11 is 0. The Balaban J connectivity index is 1.90. The number of rotatable bonds is 4. The zero-order valence-corrected chi connectivity index (χ0v) is 13.9. The fourth-order valence-corrected chi connectivity index (χ4v) is 2.46. The van der Waals surface area contributed by atoms with Crippen LogP contribution in [0.5, 0.6) is 5.75 Å². The van der Waals surface area contributed by atoms with E-state index in [-0.39, 0.29) is 11.1 Å². The molecule has 1 nitrogen and oxygen atoms in total. The fraction of sp³-hybridized carbons (Fsp3) is 0.100. The van der Waals surface area contributed by atoms with Crippen LogP contribution in [0.3, 0.4) is 0 Å². The standard InChI is InChI=1S/C20H12F6O/c1-11-2-4-13(5-3-11)20(25,26)27-14-6-7-15(16(21)10-14)12-8-17(22)19(24)18(23)9-12/h2-10H,1H3. The smallest absolute Gasteiger partial charge is 0.426 e. The van der Waals surface area contributed by atoms with Crippen LogP contribution in [0.2, 0.25) is 0 Å². The molecule has 7 heteroatoms. The highest BCUT2D eigenvalue weighted by Gasteiger charge is 2.34. The molecule has 3 aromatic rings. The van der Waals surface area contributed by atoms with Crippen molar-refractivity contribution in [2.75, 3.05) is 0 Å². The zero-order valence-electron chi connectivity index (χ0n) is 13.9. The van der Waals surface area contributed by atoms with Crippen LogP contribution in [0, 0.1) is 30.2 Å². The van der Waals surface area contributed by atoms with Crippen LogP contribution in [-0.4, -0.2) is 0 Å². The first kappa shape index (κ1) is 18.8. The minimum absolute atomic E-state index is 0.277. The predicted molar refractivity (Wildman–Crippen MR) is 87.4 cm³/mol. The minimum Gasteiger partial charge on any atom is -0.429 e. The molecule has 3 rings (SSSR count). The maximum absolute atomic E-state index is 14.3. The van der Waals surface area contributed by atoms with E-state index >= 15 is 0 Å². The molecular formula is C20H12F6O. The number of benzene rings is 3. The molecule has 0 atom stereocenters. The molecule has 27 heavy (non-hydrogen) atoms. The van der Waals surface area contributed by atoms with Crippen LogP contribution in [0.4, 0.5) is 26.3 Å². The molecule has 0 unspecified atom stereocenters. The minimum atomic E-state index is -3.71. The first-order valence-electron chi connectivity index (χ1n) is 7.76. The van der Waals surface area contributed by atoms with Crippen LogP contribution in [0.1, 0.15) is 11.1 Å². The van der Waals surface area contributed by atoms with Crippen molar-refractivity contribution in [3.8, 4) is 16.9 Å². The highest BCUT2D eigenvalue weighted by atomic mass is 19.3. The Kier molecular flexibility index (Phi) is 4.87. The Hall–Kier alpha value is -2.96. The molecule has 0 radical (unpaired) electrons. The Morgan fingerprint density at radius 1 is 0.741 bits per heavy atom. The molecule has 0 bridgehead atoms. The van der Waals surface area contributed by atoms with Gasteiger partial charge >= 0.3 is 6.11 Å². The topological polar surface area (TPSA) is 9.23 Å². The van der Waals surface area contributed by atoms with Crippen molar-refractivity contribution in [3.05, 3.63) is 89.0 Å². The second-order valence-corrected chi connectivity index (χ2v) is 5.88. The monoisotopic (exact) mass is 382 g/mol. The second-order valence-electron chi connectivity index (χ2n) is 5.88. The highest BCUT2D eigenvalue weighted by molar-refractivity contribution is 5.65. The van der Waals surface area contributed by atoms with Gasteiger partial charge in [0, 0.05) is 11.6 Å². The summed E-state index contributed by atoms with van der Waals surface area (Å²) in [5.41, 5.74) is -0.205. The lowest BCUT2D eigenvalue weighted by Crippen LogP contribution is -2.21. The Labute approximate surface area is 150 Å². The van der Waals surface area contributed by atoms with Crippen LogP contribution in [-0.2, 0) is 6.11 Å². The van der Waals surface area contributed by atoms with Crippen LogP contribution in [0.25, 0.3) is 11.1 Å². The van der Waals surface area contributed by atoms with E-state index in [1.165, 1.54) is 24.3 Å². The Morgan fingerprint density at radius 3 is 1.89 bits per heavy atom. The summed E-state index contributed by atoms with van der Waals surface area (Å²) in [4.78, 5) is 0. The number of hydrogen-bond acceptors (Lipinski definition) is 1. The Bertz CT molecular complexity index is 959. The number of alkyl halides is 2. The van der Waals surface area contributed by atoms with Gasteiger partial charge in [-0.3, -0.25) is 0 Å². The Morgan fingerprint density at radius 2 is 1.33 bits per heavy atom. The molecule has 0 spiro atoms. The van der Waals surface area contributed by atoms with E-state index in [0.717, 1.165) is 17.7 Å². The van der Waals surface area contributed by atoms with Gasteiger partial charge in [0.25, 0.3) is 0 Å². The van der Waals surface area contributed by atoms with E-state index in [9.17, 15) is 26.3 Å². The quantitative estimate of drug-likeness (QED) is 0.378. The van der Waals surface area contributed by atoms with E-state index in [4.69, 9.17) is 0 Å². The molecule has 0 aliphatic heterocycles. The average Bonchev–Trinajstić information content (AvgIpc) is 2.59. The van der Waals surface area contributed by atoms with Gasteiger partial charge in [-0.05, 0) is 48.9 Å². The zero-order chi connectivity index (χ0) is 19.8. The highest BCUT2D eigenvalue weighted by Crippen LogP contribution is 2.34. The van der Waals surface area contributed by atoms with Gasteiger partial charge in [-0.25, -0.2) is 17.6 Å². The van der Waals surface area contributed by atoms with E-state index < -0.39 is 40.7 Å². The van der Waals surface area contributed by atoms with Gasteiger partial charge < -0.3 is 4.74 Å². The molecule has 0 saturated carbocycles.